The summed E-state index contributed by atoms with van der Waals surface area (Å²) in [6.07, 6.45) is 5.47. The number of methoxy groups -OCH3 is 1. The summed E-state index contributed by atoms with van der Waals surface area (Å²) in [7, 11) is 1.57. The highest BCUT2D eigenvalue weighted by atomic mass is 16.5. The molecule has 0 N–H and O–H groups in total. The Hall–Kier alpha value is -2.17. The van der Waals surface area contributed by atoms with Crippen LogP contribution in [0, 0.1) is 5.41 Å². The van der Waals surface area contributed by atoms with E-state index in [1.54, 1.807) is 25.4 Å². The number of ketones is 1. The molecular weight excluding hydrogens is 318 g/mol. The van der Waals surface area contributed by atoms with Crippen LogP contribution in [0.25, 0.3) is 5.57 Å². The number of ether oxygens (including phenoxy) is 2. The minimum absolute atomic E-state index is 0.0327. The number of pyridine rings is 1. The van der Waals surface area contributed by atoms with E-state index in [1.807, 2.05) is 6.92 Å². The fourth-order valence-electron chi connectivity index (χ4n) is 2.98. The second-order valence-corrected chi connectivity index (χ2v) is 6.90. The Morgan fingerprint density at radius 3 is 2.72 bits per heavy atom. The molecular formula is C20H27NO4. The predicted octanol–water partition coefficient (Wildman–Crippen LogP) is 4.31. The largest absolute Gasteiger partial charge is 0.497 e. The van der Waals surface area contributed by atoms with Crippen LogP contribution in [0.4, 0.5) is 0 Å². The SMILES string of the molecule is CCCCC(=O)OC1=C(c2cc(OC)ccn2)C(=O)CC(C)(CC)C1. The van der Waals surface area contributed by atoms with Gasteiger partial charge in [0.05, 0.1) is 18.4 Å². The molecule has 0 saturated heterocycles. The second-order valence-electron chi connectivity index (χ2n) is 6.90. The summed E-state index contributed by atoms with van der Waals surface area (Å²) in [6.45, 7) is 6.13. The van der Waals surface area contributed by atoms with E-state index < -0.39 is 0 Å². The van der Waals surface area contributed by atoms with Crippen LogP contribution < -0.4 is 4.74 Å². The summed E-state index contributed by atoms with van der Waals surface area (Å²) >= 11 is 0. The summed E-state index contributed by atoms with van der Waals surface area (Å²) in [4.78, 5) is 29.3. The zero-order valence-corrected chi connectivity index (χ0v) is 15.6. The molecule has 0 aliphatic heterocycles. The number of esters is 1. The normalized spacial score (nSPS) is 20.6. The molecule has 0 saturated carbocycles. The Morgan fingerprint density at radius 2 is 2.08 bits per heavy atom. The number of carbonyl (C=O) groups is 2. The number of unbranched alkanes of at least 4 members (excludes halogenated alkanes) is 1. The summed E-state index contributed by atoms with van der Waals surface area (Å²) in [5, 5.41) is 0. The third kappa shape index (κ3) is 4.68. The van der Waals surface area contributed by atoms with E-state index in [0.717, 1.165) is 19.3 Å². The van der Waals surface area contributed by atoms with Crippen molar-refractivity contribution in [2.45, 2.75) is 59.3 Å². The van der Waals surface area contributed by atoms with Crippen molar-refractivity contribution in [2.24, 2.45) is 5.41 Å². The maximum Gasteiger partial charge on any atom is 0.310 e. The van der Waals surface area contributed by atoms with Crippen LogP contribution in [0.2, 0.25) is 0 Å². The van der Waals surface area contributed by atoms with Crippen molar-refractivity contribution >= 4 is 17.3 Å². The van der Waals surface area contributed by atoms with Gasteiger partial charge in [0, 0.05) is 31.5 Å². The molecule has 0 fully saturated rings. The average molecular weight is 345 g/mol. The Labute approximate surface area is 149 Å². The minimum Gasteiger partial charge on any atom is -0.497 e. The van der Waals surface area contributed by atoms with Gasteiger partial charge < -0.3 is 9.47 Å². The lowest BCUT2D eigenvalue weighted by Gasteiger charge is -2.33. The number of rotatable bonds is 7. The predicted molar refractivity (Wildman–Crippen MR) is 96.0 cm³/mol. The van der Waals surface area contributed by atoms with Gasteiger partial charge >= 0.3 is 5.97 Å². The van der Waals surface area contributed by atoms with Gasteiger partial charge in [0.25, 0.3) is 0 Å². The average Bonchev–Trinajstić information content (AvgIpc) is 2.59. The molecule has 0 bridgehead atoms. The monoisotopic (exact) mass is 345 g/mol. The molecule has 0 amide bonds. The van der Waals surface area contributed by atoms with Gasteiger partial charge in [-0.05, 0) is 24.3 Å². The van der Waals surface area contributed by atoms with E-state index in [4.69, 9.17) is 9.47 Å². The molecule has 1 aliphatic carbocycles. The summed E-state index contributed by atoms with van der Waals surface area (Å²) in [6, 6.07) is 3.43. The van der Waals surface area contributed by atoms with Crippen molar-refractivity contribution in [3.63, 3.8) is 0 Å². The molecule has 0 aromatic carbocycles. The molecule has 136 valence electrons. The van der Waals surface area contributed by atoms with Crippen molar-refractivity contribution in [3.05, 3.63) is 29.8 Å². The fourth-order valence-corrected chi connectivity index (χ4v) is 2.98. The van der Waals surface area contributed by atoms with Gasteiger partial charge in [0.15, 0.2) is 5.78 Å². The van der Waals surface area contributed by atoms with Gasteiger partial charge in [-0.25, -0.2) is 0 Å². The first-order valence-corrected chi connectivity index (χ1v) is 8.90. The van der Waals surface area contributed by atoms with Crippen LogP contribution in [-0.2, 0) is 14.3 Å². The van der Waals surface area contributed by atoms with E-state index in [0.29, 0.717) is 42.0 Å². The lowest BCUT2D eigenvalue weighted by molar-refractivity contribution is -0.140. The highest BCUT2D eigenvalue weighted by molar-refractivity contribution is 6.22. The Bertz CT molecular complexity index is 680. The number of hydrogen-bond acceptors (Lipinski definition) is 5. The molecule has 1 aromatic heterocycles. The van der Waals surface area contributed by atoms with Crippen LogP contribution in [0.1, 0.15) is 65.0 Å². The first-order chi connectivity index (χ1) is 11.9. The zero-order valence-electron chi connectivity index (χ0n) is 15.6. The maximum absolute atomic E-state index is 12.8. The van der Waals surface area contributed by atoms with Crippen molar-refractivity contribution in [1.82, 2.24) is 4.98 Å². The standard InChI is InChI=1S/C20H27NO4/c1-5-7-8-18(23)25-17-13-20(3,6-2)12-16(22)19(17)15-11-14(24-4)9-10-21-15/h9-11H,5-8,12-13H2,1-4H3. The number of aromatic nitrogens is 1. The van der Waals surface area contributed by atoms with Crippen LogP contribution in [0.15, 0.2) is 24.1 Å². The van der Waals surface area contributed by atoms with Gasteiger partial charge in [-0.3, -0.25) is 14.6 Å². The van der Waals surface area contributed by atoms with Gasteiger partial charge in [-0.1, -0.05) is 27.2 Å². The molecule has 1 unspecified atom stereocenters. The Kier molecular flexibility index (Phi) is 6.34. The quantitative estimate of drug-likeness (QED) is 0.689. The second kappa shape index (κ2) is 8.28. The molecule has 1 aliphatic rings. The number of allylic oxidation sites excluding steroid dienone is 2. The van der Waals surface area contributed by atoms with Crippen LogP contribution in [0.5, 0.6) is 5.75 Å². The third-order valence-electron chi connectivity index (χ3n) is 4.78. The lowest BCUT2D eigenvalue weighted by Crippen LogP contribution is -2.29. The molecule has 1 atom stereocenters. The first kappa shape index (κ1) is 19.2. The van der Waals surface area contributed by atoms with Crippen molar-refractivity contribution in [3.8, 4) is 5.75 Å². The Morgan fingerprint density at radius 1 is 1.32 bits per heavy atom. The molecule has 0 spiro atoms. The van der Waals surface area contributed by atoms with E-state index in [1.165, 1.54) is 0 Å². The van der Waals surface area contributed by atoms with Crippen LogP contribution in [-0.4, -0.2) is 23.8 Å². The first-order valence-electron chi connectivity index (χ1n) is 8.90. The third-order valence-corrected chi connectivity index (χ3v) is 4.78. The van der Waals surface area contributed by atoms with E-state index >= 15 is 0 Å². The van der Waals surface area contributed by atoms with Gasteiger partial charge in [-0.15, -0.1) is 0 Å². The highest BCUT2D eigenvalue weighted by Crippen LogP contribution is 2.43. The summed E-state index contributed by atoms with van der Waals surface area (Å²) in [5.74, 6) is 0.744. The van der Waals surface area contributed by atoms with Crippen molar-refractivity contribution in [2.75, 3.05) is 7.11 Å². The minimum atomic E-state index is -0.287. The van der Waals surface area contributed by atoms with Crippen molar-refractivity contribution < 1.29 is 19.1 Å². The maximum atomic E-state index is 12.8. The molecule has 0 radical (unpaired) electrons. The van der Waals surface area contributed by atoms with Gasteiger partial charge in [-0.2, -0.15) is 0 Å². The molecule has 5 nitrogen and oxygen atoms in total. The Balaban J connectivity index is 2.43. The topological polar surface area (TPSA) is 65.5 Å². The molecule has 1 aromatic rings. The molecule has 5 heteroatoms. The number of nitrogens with zero attached hydrogens (tertiary/aromatic N) is 1. The van der Waals surface area contributed by atoms with Crippen LogP contribution in [0.3, 0.4) is 0 Å². The smallest absolute Gasteiger partial charge is 0.310 e. The van der Waals surface area contributed by atoms with Gasteiger partial charge in [0.1, 0.15) is 11.5 Å². The van der Waals surface area contributed by atoms with E-state index in [2.05, 4.69) is 18.8 Å². The van der Waals surface area contributed by atoms with Crippen molar-refractivity contribution in [1.29, 1.82) is 0 Å². The number of hydrogen-bond donors (Lipinski definition) is 0. The number of carbonyl (C=O) groups excluding carboxylic acids is 2. The lowest BCUT2D eigenvalue weighted by atomic mass is 9.72. The van der Waals surface area contributed by atoms with E-state index in [9.17, 15) is 9.59 Å². The molecule has 1 heterocycles. The summed E-state index contributed by atoms with van der Waals surface area (Å²) < 4.78 is 10.9. The fraction of sp³-hybridized carbons (Fsp3) is 0.550. The molecule has 2 rings (SSSR count). The van der Waals surface area contributed by atoms with E-state index in [-0.39, 0.29) is 17.2 Å². The van der Waals surface area contributed by atoms with Crippen LogP contribution >= 0.6 is 0 Å². The zero-order chi connectivity index (χ0) is 18.4. The molecule has 25 heavy (non-hydrogen) atoms. The summed E-state index contributed by atoms with van der Waals surface area (Å²) in [5.41, 5.74) is 0.718. The van der Waals surface area contributed by atoms with Gasteiger partial charge in [0.2, 0.25) is 0 Å². The highest BCUT2D eigenvalue weighted by Gasteiger charge is 2.38. The number of Topliss-reactive ketones (excluding diaryl/α,β-unsaturated/α-hetero) is 1.